The van der Waals surface area contributed by atoms with Crippen molar-refractivity contribution in [1.29, 1.82) is 0 Å². The molecule has 4 nitrogen and oxygen atoms in total. The van der Waals surface area contributed by atoms with Crippen molar-refractivity contribution in [2.24, 2.45) is 0 Å². The van der Waals surface area contributed by atoms with Gasteiger partial charge in [0, 0.05) is 0 Å². The Kier molecular flexibility index (Phi) is 1.84. The van der Waals surface area contributed by atoms with Crippen molar-refractivity contribution in [2.45, 2.75) is 13.1 Å². The van der Waals surface area contributed by atoms with E-state index in [0.29, 0.717) is 6.54 Å². The van der Waals surface area contributed by atoms with Gasteiger partial charge in [0.1, 0.15) is 11.9 Å². The van der Waals surface area contributed by atoms with Crippen LogP contribution in [-0.2, 0) is 4.79 Å². The summed E-state index contributed by atoms with van der Waals surface area (Å²) in [5, 5.41) is 2.84. The van der Waals surface area contributed by atoms with E-state index < -0.39 is 0 Å². The maximum absolute atomic E-state index is 11.1. The van der Waals surface area contributed by atoms with Crippen molar-refractivity contribution in [3.8, 4) is 0 Å². The third-order valence-corrected chi connectivity index (χ3v) is 2.28. The number of hydrogen-bond donors (Lipinski definition) is 1. The number of furan rings is 1. The van der Waals surface area contributed by atoms with Crippen LogP contribution in [-0.4, -0.2) is 24.4 Å². The maximum Gasteiger partial charge on any atom is 0.235 e. The van der Waals surface area contributed by atoms with Gasteiger partial charge in [-0.25, -0.2) is 0 Å². The average Bonchev–Trinajstić information content (AvgIpc) is 2.58. The molecule has 1 aliphatic rings. The molecule has 0 aliphatic carbocycles. The van der Waals surface area contributed by atoms with Gasteiger partial charge >= 0.3 is 0 Å². The van der Waals surface area contributed by atoms with Gasteiger partial charge in [-0.05, 0) is 25.6 Å². The van der Waals surface area contributed by atoms with Gasteiger partial charge in [0.15, 0.2) is 0 Å². The Balaban J connectivity index is 2.27. The Morgan fingerprint density at radius 3 is 2.92 bits per heavy atom. The number of carbonyl (C=O) groups excluding carboxylic acids is 1. The summed E-state index contributed by atoms with van der Waals surface area (Å²) in [6.07, 6.45) is 1.55. The number of rotatable bonds is 1. The first-order valence-corrected chi connectivity index (χ1v) is 4.22. The normalized spacial score (nSPS) is 23.5. The largest absolute Gasteiger partial charge is 0.465 e. The van der Waals surface area contributed by atoms with Crippen LogP contribution in [0.5, 0.6) is 0 Å². The van der Waals surface area contributed by atoms with E-state index in [1.165, 1.54) is 0 Å². The Labute approximate surface area is 76.5 Å². The molecule has 1 amide bonds. The molecule has 1 aromatic rings. The van der Waals surface area contributed by atoms with Gasteiger partial charge in [-0.15, -0.1) is 0 Å². The minimum absolute atomic E-state index is 0.0447. The summed E-state index contributed by atoms with van der Waals surface area (Å²) in [6, 6.07) is 1.90. The lowest BCUT2D eigenvalue weighted by Gasteiger charge is -2.16. The molecule has 13 heavy (non-hydrogen) atoms. The van der Waals surface area contributed by atoms with E-state index in [4.69, 9.17) is 4.42 Å². The molecule has 0 radical (unpaired) electrons. The fourth-order valence-electron chi connectivity index (χ4n) is 1.56. The molecule has 1 aliphatic heterocycles. The number of nitrogens with one attached hydrogen (secondary N) is 1. The van der Waals surface area contributed by atoms with Crippen molar-refractivity contribution < 1.29 is 9.21 Å². The molecule has 1 fully saturated rings. The van der Waals surface area contributed by atoms with Crippen LogP contribution in [0.2, 0.25) is 0 Å². The van der Waals surface area contributed by atoms with E-state index in [-0.39, 0.29) is 12.1 Å². The molecule has 1 unspecified atom stereocenters. The van der Waals surface area contributed by atoms with Crippen molar-refractivity contribution in [3.05, 3.63) is 23.7 Å². The minimum atomic E-state index is -0.0949. The van der Waals surface area contributed by atoms with Crippen LogP contribution >= 0.6 is 0 Å². The summed E-state index contributed by atoms with van der Waals surface area (Å²) in [5.74, 6) is 0.872. The van der Waals surface area contributed by atoms with Gasteiger partial charge in [0.2, 0.25) is 5.91 Å². The highest BCUT2D eigenvalue weighted by Crippen LogP contribution is 2.23. The Bertz CT molecular complexity index is 332. The molecule has 1 atom stereocenters. The number of nitrogens with zero attached hydrogens (tertiary/aromatic N) is 1. The van der Waals surface area contributed by atoms with Gasteiger partial charge in [0.25, 0.3) is 0 Å². The second-order valence-corrected chi connectivity index (χ2v) is 3.35. The quantitative estimate of drug-likeness (QED) is 0.690. The summed E-state index contributed by atoms with van der Waals surface area (Å²) in [7, 11) is 1.89. The number of carbonyl (C=O) groups is 1. The predicted octanol–water partition coefficient (Wildman–Crippen LogP) is 0.648. The maximum atomic E-state index is 11.1. The molecule has 4 heteroatoms. The number of likely N-dealkylation sites (N-methyl/N-ethyl adjacent to an activating group) is 1. The zero-order valence-electron chi connectivity index (χ0n) is 7.70. The highest BCUT2D eigenvalue weighted by molar-refractivity contribution is 5.80. The topological polar surface area (TPSA) is 45.5 Å². The molecule has 1 N–H and O–H groups in total. The minimum Gasteiger partial charge on any atom is -0.465 e. The van der Waals surface area contributed by atoms with E-state index in [0.717, 1.165) is 11.3 Å². The summed E-state index contributed by atoms with van der Waals surface area (Å²) in [4.78, 5) is 13.0. The fourth-order valence-corrected chi connectivity index (χ4v) is 1.56. The number of aryl methyl sites for hydroxylation is 1. The van der Waals surface area contributed by atoms with Crippen LogP contribution < -0.4 is 5.32 Å². The summed E-state index contributed by atoms with van der Waals surface area (Å²) >= 11 is 0. The highest BCUT2D eigenvalue weighted by atomic mass is 16.3. The van der Waals surface area contributed by atoms with Gasteiger partial charge in [0.05, 0.1) is 12.8 Å². The van der Waals surface area contributed by atoms with Crippen molar-refractivity contribution >= 4 is 5.91 Å². The molecular weight excluding hydrogens is 168 g/mol. The van der Waals surface area contributed by atoms with Gasteiger partial charge in [-0.3, -0.25) is 9.69 Å². The SMILES string of the molecule is Cc1ccoc1C1NC(=O)CN1C. The van der Waals surface area contributed by atoms with Crippen LogP contribution in [0.15, 0.2) is 16.7 Å². The van der Waals surface area contributed by atoms with Crippen LogP contribution in [0.3, 0.4) is 0 Å². The average molecular weight is 180 g/mol. The van der Waals surface area contributed by atoms with Gasteiger partial charge < -0.3 is 9.73 Å². The molecule has 0 aromatic carbocycles. The lowest BCUT2D eigenvalue weighted by atomic mass is 10.2. The molecular formula is C9H12N2O2. The Morgan fingerprint density at radius 2 is 2.46 bits per heavy atom. The summed E-state index contributed by atoms with van der Waals surface area (Å²) in [5.41, 5.74) is 1.07. The zero-order valence-corrected chi connectivity index (χ0v) is 7.70. The molecule has 2 heterocycles. The second-order valence-electron chi connectivity index (χ2n) is 3.35. The smallest absolute Gasteiger partial charge is 0.235 e. The molecule has 70 valence electrons. The molecule has 0 saturated carbocycles. The molecule has 1 aromatic heterocycles. The predicted molar refractivity (Wildman–Crippen MR) is 47.0 cm³/mol. The lowest BCUT2D eigenvalue weighted by molar-refractivity contribution is -0.118. The van der Waals surface area contributed by atoms with E-state index in [1.54, 1.807) is 6.26 Å². The summed E-state index contributed by atoms with van der Waals surface area (Å²) in [6.45, 7) is 2.40. The van der Waals surface area contributed by atoms with Crippen LogP contribution in [0.1, 0.15) is 17.5 Å². The zero-order chi connectivity index (χ0) is 9.42. The van der Waals surface area contributed by atoms with Crippen molar-refractivity contribution in [2.75, 3.05) is 13.6 Å². The molecule has 0 bridgehead atoms. The van der Waals surface area contributed by atoms with E-state index in [1.807, 2.05) is 24.9 Å². The van der Waals surface area contributed by atoms with Crippen molar-refractivity contribution in [3.63, 3.8) is 0 Å². The van der Waals surface area contributed by atoms with Gasteiger partial charge in [-0.1, -0.05) is 0 Å². The van der Waals surface area contributed by atoms with E-state index in [2.05, 4.69) is 5.32 Å². The third kappa shape index (κ3) is 1.33. The van der Waals surface area contributed by atoms with Gasteiger partial charge in [-0.2, -0.15) is 0 Å². The first-order chi connectivity index (χ1) is 6.18. The molecule has 2 rings (SSSR count). The first kappa shape index (κ1) is 8.31. The first-order valence-electron chi connectivity index (χ1n) is 4.22. The summed E-state index contributed by atoms with van der Waals surface area (Å²) < 4.78 is 5.31. The van der Waals surface area contributed by atoms with Crippen LogP contribution in [0.25, 0.3) is 0 Å². The lowest BCUT2D eigenvalue weighted by Crippen LogP contribution is -2.24. The van der Waals surface area contributed by atoms with Crippen LogP contribution in [0, 0.1) is 6.92 Å². The number of amides is 1. The second kappa shape index (κ2) is 2.88. The van der Waals surface area contributed by atoms with Crippen molar-refractivity contribution in [1.82, 2.24) is 10.2 Å². The standard InChI is InChI=1S/C9H12N2O2/c1-6-3-4-13-8(6)9-10-7(12)5-11(9)2/h3-4,9H,5H2,1-2H3,(H,10,12). The molecule has 1 saturated heterocycles. The van der Waals surface area contributed by atoms with E-state index in [9.17, 15) is 4.79 Å². The number of hydrogen-bond acceptors (Lipinski definition) is 3. The Morgan fingerprint density at radius 1 is 1.69 bits per heavy atom. The third-order valence-electron chi connectivity index (χ3n) is 2.28. The van der Waals surface area contributed by atoms with Crippen LogP contribution in [0.4, 0.5) is 0 Å². The monoisotopic (exact) mass is 180 g/mol. The fraction of sp³-hybridized carbons (Fsp3) is 0.444. The van der Waals surface area contributed by atoms with E-state index >= 15 is 0 Å². The Hall–Kier alpha value is -1.29. The highest BCUT2D eigenvalue weighted by Gasteiger charge is 2.30. The molecule has 0 spiro atoms.